The van der Waals surface area contributed by atoms with E-state index in [0.717, 1.165) is 31.0 Å². The smallest absolute Gasteiger partial charge is 0.254 e. The molecule has 4 rings (SSSR count). The van der Waals surface area contributed by atoms with Crippen molar-refractivity contribution < 1.29 is 9.59 Å². The maximum atomic E-state index is 12.6. The molecular formula is C23H27N5O2. The summed E-state index contributed by atoms with van der Waals surface area (Å²) >= 11 is 0. The largest absolute Gasteiger partial charge is 0.353 e. The second kappa shape index (κ2) is 8.98. The van der Waals surface area contributed by atoms with Crippen molar-refractivity contribution in [2.75, 3.05) is 33.2 Å². The minimum absolute atomic E-state index is 0.104. The van der Waals surface area contributed by atoms with Gasteiger partial charge in [0.05, 0.1) is 6.54 Å². The zero-order valence-corrected chi connectivity index (χ0v) is 17.2. The van der Waals surface area contributed by atoms with Gasteiger partial charge in [-0.15, -0.1) is 0 Å². The molecule has 0 spiro atoms. The second-order valence-corrected chi connectivity index (χ2v) is 7.61. The van der Waals surface area contributed by atoms with E-state index in [4.69, 9.17) is 0 Å². The predicted octanol–water partition coefficient (Wildman–Crippen LogP) is 1.39. The molecule has 2 N–H and O–H groups in total. The summed E-state index contributed by atoms with van der Waals surface area (Å²) in [5.41, 5.74) is 4.43. The fraction of sp³-hybridized carbons (Fsp3) is 0.348. The molecular weight excluding hydrogens is 378 g/mol. The van der Waals surface area contributed by atoms with Crippen LogP contribution in [-0.4, -0.2) is 60.8 Å². The third-order valence-corrected chi connectivity index (χ3v) is 5.62. The number of piperazine rings is 1. The number of hydrogen-bond acceptors (Lipinski definition) is 3. The molecule has 7 nitrogen and oxygen atoms in total. The number of amides is 2. The number of nitrogens with one attached hydrogen (secondary N) is 2. The number of carbonyl (C=O) groups excluding carboxylic acids is 2. The molecule has 1 fully saturated rings. The van der Waals surface area contributed by atoms with Crippen molar-refractivity contribution in [3.8, 4) is 0 Å². The van der Waals surface area contributed by atoms with Crippen LogP contribution in [0.25, 0.3) is 0 Å². The van der Waals surface area contributed by atoms with Crippen LogP contribution in [0.2, 0.25) is 0 Å². The fourth-order valence-corrected chi connectivity index (χ4v) is 3.95. The summed E-state index contributed by atoms with van der Waals surface area (Å²) in [6.45, 7) is 3.60. The number of nitrogens with zero attached hydrogens (tertiary/aromatic N) is 3. The summed E-state index contributed by atoms with van der Waals surface area (Å²) in [5, 5.41) is 6.17. The van der Waals surface area contributed by atoms with E-state index in [1.54, 1.807) is 11.9 Å². The van der Waals surface area contributed by atoms with Crippen LogP contribution < -0.4 is 10.6 Å². The van der Waals surface area contributed by atoms with Crippen LogP contribution in [0.15, 0.2) is 53.5 Å². The van der Waals surface area contributed by atoms with Gasteiger partial charge in [0, 0.05) is 45.3 Å². The van der Waals surface area contributed by atoms with Crippen LogP contribution in [-0.2, 0) is 24.3 Å². The highest BCUT2D eigenvalue weighted by atomic mass is 16.2. The Morgan fingerprint density at radius 2 is 1.80 bits per heavy atom. The van der Waals surface area contributed by atoms with Crippen molar-refractivity contribution in [3.05, 3.63) is 70.8 Å². The third-order valence-electron chi connectivity index (χ3n) is 5.62. The first-order chi connectivity index (χ1) is 14.6. The summed E-state index contributed by atoms with van der Waals surface area (Å²) in [6, 6.07) is 16.1. The van der Waals surface area contributed by atoms with E-state index in [2.05, 4.69) is 44.8 Å². The first kappa shape index (κ1) is 19.9. The highest BCUT2D eigenvalue weighted by Gasteiger charge is 2.22. The SMILES string of the molecule is CN=C(NCc1ccc(C(=O)N2CCNC(=O)C2)cc1)N1CCc2ccccc2C1. The normalized spacial score (nSPS) is 16.7. The minimum atomic E-state index is -0.109. The average molecular weight is 406 g/mol. The molecule has 0 atom stereocenters. The quantitative estimate of drug-likeness (QED) is 0.598. The van der Waals surface area contributed by atoms with Crippen molar-refractivity contribution in [1.29, 1.82) is 0 Å². The van der Waals surface area contributed by atoms with Crippen LogP contribution >= 0.6 is 0 Å². The predicted molar refractivity (Wildman–Crippen MR) is 116 cm³/mol. The minimum Gasteiger partial charge on any atom is -0.353 e. The lowest BCUT2D eigenvalue weighted by molar-refractivity contribution is -0.123. The number of fused-ring (bicyclic) bond motifs is 1. The monoisotopic (exact) mass is 405 g/mol. The summed E-state index contributed by atoms with van der Waals surface area (Å²) < 4.78 is 0. The van der Waals surface area contributed by atoms with Gasteiger partial charge in [-0.05, 0) is 35.2 Å². The Morgan fingerprint density at radius 3 is 2.53 bits per heavy atom. The van der Waals surface area contributed by atoms with Crippen molar-refractivity contribution in [2.45, 2.75) is 19.5 Å². The molecule has 7 heteroatoms. The van der Waals surface area contributed by atoms with Gasteiger partial charge < -0.3 is 20.4 Å². The van der Waals surface area contributed by atoms with E-state index in [1.807, 2.05) is 24.3 Å². The van der Waals surface area contributed by atoms with Crippen LogP contribution in [0.3, 0.4) is 0 Å². The molecule has 0 aromatic heterocycles. The van der Waals surface area contributed by atoms with E-state index >= 15 is 0 Å². The Kier molecular flexibility index (Phi) is 5.97. The molecule has 0 radical (unpaired) electrons. The van der Waals surface area contributed by atoms with Gasteiger partial charge in [-0.1, -0.05) is 36.4 Å². The van der Waals surface area contributed by atoms with E-state index < -0.39 is 0 Å². The topological polar surface area (TPSA) is 77.0 Å². The lowest BCUT2D eigenvalue weighted by atomic mass is 10.0. The number of hydrogen-bond donors (Lipinski definition) is 2. The molecule has 0 aliphatic carbocycles. The Labute approximate surface area is 176 Å². The van der Waals surface area contributed by atoms with Crippen LogP contribution in [0.4, 0.5) is 0 Å². The second-order valence-electron chi connectivity index (χ2n) is 7.61. The van der Waals surface area contributed by atoms with Gasteiger partial charge >= 0.3 is 0 Å². The van der Waals surface area contributed by atoms with Gasteiger partial charge in [0.15, 0.2) is 5.96 Å². The van der Waals surface area contributed by atoms with Gasteiger partial charge in [-0.2, -0.15) is 0 Å². The molecule has 156 valence electrons. The molecule has 2 aliphatic rings. The van der Waals surface area contributed by atoms with Gasteiger partial charge in [-0.25, -0.2) is 0 Å². The Morgan fingerprint density at radius 1 is 1.03 bits per heavy atom. The number of aliphatic imine (C=N–C) groups is 1. The van der Waals surface area contributed by atoms with Crippen molar-refractivity contribution in [2.24, 2.45) is 4.99 Å². The maximum Gasteiger partial charge on any atom is 0.254 e. The highest BCUT2D eigenvalue weighted by Crippen LogP contribution is 2.18. The van der Waals surface area contributed by atoms with Crippen molar-refractivity contribution in [3.63, 3.8) is 0 Å². The average Bonchev–Trinajstić information content (AvgIpc) is 2.79. The summed E-state index contributed by atoms with van der Waals surface area (Å²) in [5.74, 6) is 0.665. The highest BCUT2D eigenvalue weighted by molar-refractivity contribution is 5.97. The molecule has 0 saturated carbocycles. The van der Waals surface area contributed by atoms with E-state index in [1.165, 1.54) is 11.1 Å². The lowest BCUT2D eigenvalue weighted by Crippen LogP contribution is -2.49. The molecule has 1 saturated heterocycles. The van der Waals surface area contributed by atoms with Gasteiger partial charge in [-0.3, -0.25) is 14.6 Å². The van der Waals surface area contributed by atoms with E-state index in [0.29, 0.717) is 25.2 Å². The van der Waals surface area contributed by atoms with Crippen LogP contribution in [0.1, 0.15) is 27.0 Å². The number of guanidine groups is 1. The van der Waals surface area contributed by atoms with Gasteiger partial charge in [0.1, 0.15) is 0 Å². The summed E-state index contributed by atoms with van der Waals surface area (Å²) in [7, 11) is 1.80. The van der Waals surface area contributed by atoms with Crippen LogP contribution in [0, 0.1) is 0 Å². The Bertz CT molecular complexity index is 954. The number of rotatable bonds is 3. The Balaban J connectivity index is 1.34. The first-order valence-electron chi connectivity index (χ1n) is 10.3. The molecule has 2 amide bonds. The zero-order valence-electron chi connectivity index (χ0n) is 17.2. The zero-order chi connectivity index (χ0) is 20.9. The fourth-order valence-electron chi connectivity index (χ4n) is 3.95. The summed E-state index contributed by atoms with van der Waals surface area (Å²) in [4.78, 5) is 32.4. The molecule has 2 heterocycles. The molecule has 2 aliphatic heterocycles. The standard InChI is InChI=1S/C23H27N5O2/c1-24-23(28-12-10-18-4-2-3-5-20(18)15-28)26-14-17-6-8-19(9-7-17)22(30)27-13-11-25-21(29)16-27/h2-9H,10-16H2,1H3,(H,24,26)(H,25,29). The molecule has 30 heavy (non-hydrogen) atoms. The molecule has 0 bridgehead atoms. The number of carbonyl (C=O) groups is 2. The van der Waals surface area contributed by atoms with E-state index in [9.17, 15) is 9.59 Å². The lowest BCUT2D eigenvalue weighted by Gasteiger charge is -2.31. The van der Waals surface area contributed by atoms with Crippen LogP contribution in [0.5, 0.6) is 0 Å². The molecule has 0 unspecified atom stereocenters. The molecule has 2 aromatic rings. The summed E-state index contributed by atoms with van der Waals surface area (Å²) in [6.07, 6.45) is 1.02. The van der Waals surface area contributed by atoms with Gasteiger partial charge in [0.2, 0.25) is 5.91 Å². The first-order valence-corrected chi connectivity index (χ1v) is 10.3. The van der Waals surface area contributed by atoms with E-state index in [-0.39, 0.29) is 18.4 Å². The Hall–Kier alpha value is -3.35. The van der Waals surface area contributed by atoms with Gasteiger partial charge in [0.25, 0.3) is 5.91 Å². The maximum absolute atomic E-state index is 12.6. The van der Waals surface area contributed by atoms with Crippen molar-refractivity contribution >= 4 is 17.8 Å². The third kappa shape index (κ3) is 4.45. The number of benzene rings is 2. The molecule has 2 aromatic carbocycles. The van der Waals surface area contributed by atoms with Crippen molar-refractivity contribution in [1.82, 2.24) is 20.4 Å².